The summed E-state index contributed by atoms with van der Waals surface area (Å²) in [6.07, 6.45) is 0. The number of sulfonamides is 1. The van der Waals surface area contributed by atoms with Crippen LogP contribution in [0.2, 0.25) is 0 Å². The number of carbonyl (C=O) groups is 1. The van der Waals surface area contributed by atoms with E-state index in [0.717, 1.165) is 11.3 Å². The molecule has 30 heavy (non-hydrogen) atoms. The lowest BCUT2D eigenvalue weighted by molar-refractivity contribution is 0.0773. The van der Waals surface area contributed by atoms with Crippen LogP contribution in [0.1, 0.15) is 15.9 Å². The summed E-state index contributed by atoms with van der Waals surface area (Å²) in [6, 6.07) is 22.2. The van der Waals surface area contributed by atoms with Crippen molar-refractivity contribution in [3.8, 4) is 5.75 Å². The number of benzene rings is 3. The van der Waals surface area contributed by atoms with Crippen LogP contribution in [0.25, 0.3) is 0 Å². The minimum atomic E-state index is -3.72. The summed E-state index contributed by atoms with van der Waals surface area (Å²) in [7, 11) is -2.04. The van der Waals surface area contributed by atoms with Gasteiger partial charge in [-0.2, -0.15) is 0 Å². The van der Waals surface area contributed by atoms with E-state index in [1.54, 1.807) is 42.3 Å². The summed E-state index contributed by atoms with van der Waals surface area (Å²) in [5.41, 5.74) is 1.99. The van der Waals surface area contributed by atoms with Crippen LogP contribution in [-0.4, -0.2) is 39.4 Å². The van der Waals surface area contributed by atoms with Crippen LogP contribution in [0.5, 0.6) is 5.75 Å². The minimum absolute atomic E-state index is 0.0911. The standard InChI is InChI=1S/C23H24N2O4S/c1-18-7-6-10-21(17-18)29-16-15-25(2)23(26)19-11-13-22(14-12-19)30(27,28)24-20-8-4-3-5-9-20/h3-14,17,24H,15-16H2,1-2H3. The summed E-state index contributed by atoms with van der Waals surface area (Å²) >= 11 is 0. The predicted molar refractivity (Wildman–Crippen MR) is 117 cm³/mol. The first-order valence-electron chi connectivity index (χ1n) is 9.48. The third kappa shape index (κ3) is 5.61. The van der Waals surface area contributed by atoms with Gasteiger partial charge in [0, 0.05) is 18.3 Å². The average Bonchev–Trinajstić information content (AvgIpc) is 2.74. The molecule has 1 amide bonds. The number of likely N-dealkylation sites (N-methyl/N-ethyl adjacent to an activating group) is 1. The Balaban J connectivity index is 1.58. The SMILES string of the molecule is Cc1cccc(OCCN(C)C(=O)c2ccc(S(=O)(=O)Nc3ccccc3)cc2)c1. The van der Waals surface area contributed by atoms with Crippen LogP contribution >= 0.6 is 0 Å². The third-order valence-corrected chi connectivity index (χ3v) is 5.87. The number of para-hydroxylation sites is 1. The molecule has 0 unspecified atom stereocenters. The first-order chi connectivity index (χ1) is 14.3. The smallest absolute Gasteiger partial charge is 0.261 e. The number of ether oxygens (including phenoxy) is 1. The molecular formula is C23H24N2O4S. The van der Waals surface area contributed by atoms with Gasteiger partial charge in [-0.15, -0.1) is 0 Å². The van der Waals surface area contributed by atoms with Crippen molar-refractivity contribution in [2.45, 2.75) is 11.8 Å². The van der Waals surface area contributed by atoms with Gasteiger partial charge in [0.05, 0.1) is 11.4 Å². The topological polar surface area (TPSA) is 75.7 Å². The highest BCUT2D eigenvalue weighted by Crippen LogP contribution is 2.17. The summed E-state index contributed by atoms with van der Waals surface area (Å²) in [4.78, 5) is 14.2. The Hall–Kier alpha value is -3.32. The highest BCUT2D eigenvalue weighted by molar-refractivity contribution is 7.92. The molecule has 0 saturated carbocycles. The van der Waals surface area contributed by atoms with Gasteiger partial charge in [-0.3, -0.25) is 9.52 Å². The zero-order valence-corrected chi connectivity index (χ0v) is 17.7. The molecule has 0 spiro atoms. The van der Waals surface area contributed by atoms with Gasteiger partial charge in [0.25, 0.3) is 15.9 Å². The summed E-state index contributed by atoms with van der Waals surface area (Å²) in [5, 5.41) is 0. The zero-order chi connectivity index (χ0) is 21.6. The van der Waals surface area contributed by atoms with Crippen LogP contribution in [-0.2, 0) is 10.0 Å². The van der Waals surface area contributed by atoms with Gasteiger partial charge in [0.2, 0.25) is 0 Å². The molecule has 156 valence electrons. The molecule has 3 rings (SSSR count). The van der Waals surface area contributed by atoms with Gasteiger partial charge in [0.1, 0.15) is 12.4 Å². The number of nitrogens with zero attached hydrogens (tertiary/aromatic N) is 1. The summed E-state index contributed by atoms with van der Waals surface area (Å²) in [5.74, 6) is 0.555. The first-order valence-corrected chi connectivity index (χ1v) is 11.0. The molecule has 0 heterocycles. The monoisotopic (exact) mass is 424 g/mol. The highest BCUT2D eigenvalue weighted by Gasteiger charge is 2.16. The molecule has 6 nitrogen and oxygen atoms in total. The Labute approximate surface area is 177 Å². The number of carbonyl (C=O) groups excluding carboxylic acids is 1. The molecule has 0 saturated heterocycles. The number of hydrogen-bond acceptors (Lipinski definition) is 4. The summed E-state index contributed by atoms with van der Waals surface area (Å²) < 4.78 is 33.2. The molecule has 1 N–H and O–H groups in total. The molecule has 3 aromatic rings. The zero-order valence-electron chi connectivity index (χ0n) is 16.9. The Bertz CT molecular complexity index is 1100. The Morgan fingerprint density at radius 2 is 1.67 bits per heavy atom. The van der Waals surface area contributed by atoms with Gasteiger partial charge >= 0.3 is 0 Å². The number of nitrogens with one attached hydrogen (secondary N) is 1. The van der Waals surface area contributed by atoms with E-state index in [1.807, 2.05) is 31.2 Å². The van der Waals surface area contributed by atoms with Crippen molar-refractivity contribution in [2.75, 3.05) is 24.9 Å². The molecule has 7 heteroatoms. The lowest BCUT2D eigenvalue weighted by Gasteiger charge is -2.18. The van der Waals surface area contributed by atoms with Crippen LogP contribution in [0.3, 0.4) is 0 Å². The Morgan fingerprint density at radius 1 is 0.967 bits per heavy atom. The molecule has 0 radical (unpaired) electrons. The first kappa shape index (κ1) is 21.4. The normalized spacial score (nSPS) is 11.0. The van der Waals surface area contributed by atoms with Crippen LogP contribution < -0.4 is 9.46 Å². The van der Waals surface area contributed by atoms with E-state index >= 15 is 0 Å². The van der Waals surface area contributed by atoms with Crippen molar-refractivity contribution in [1.82, 2.24) is 4.90 Å². The molecular weight excluding hydrogens is 400 g/mol. The fourth-order valence-electron chi connectivity index (χ4n) is 2.82. The van der Waals surface area contributed by atoms with E-state index < -0.39 is 10.0 Å². The van der Waals surface area contributed by atoms with E-state index in [0.29, 0.717) is 24.4 Å². The fourth-order valence-corrected chi connectivity index (χ4v) is 3.88. The number of rotatable bonds is 8. The van der Waals surface area contributed by atoms with Gasteiger partial charge in [-0.05, 0) is 61.0 Å². The number of amides is 1. The fraction of sp³-hybridized carbons (Fsp3) is 0.174. The van der Waals surface area contributed by atoms with Crippen molar-refractivity contribution in [2.24, 2.45) is 0 Å². The largest absolute Gasteiger partial charge is 0.492 e. The molecule has 0 atom stereocenters. The van der Waals surface area contributed by atoms with E-state index in [2.05, 4.69) is 4.72 Å². The van der Waals surface area contributed by atoms with Crippen molar-refractivity contribution in [1.29, 1.82) is 0 Å². The third-order valence-electron chi connectivity index (χ3n) is 4.47. The Morgan fingerprint density at radius 3 is 2.33 bits per heavy atom. The maximum Gasteiger partial charge on any atom is 0.261 e. The predicted octanol–water partition coefficient (Wildman–Crippen LogP) is 3.95. The van der Waals surface area contributed by atoms with E-state index in [4.69, 9.17) is 4.74 Å². The summed E-state index contributed by atoms with van der Waals surface area (Å²) in [6.45, 7) is 2.75. The van der Waals surface area contributed by atoms with E-state index in [-0.39, 0.29) is 10.8 Å². The van der Waals surface area contributed by atoms with Gasteiger partial charge in [-0.1, -0.05) is 30.3 Å². The van der Waals surface area contributed by atoms with Crippen molar-refractivity contribution >= 4 is 21.6 Å². The van der Waals surface area contributed by atoms with Gasteiger partial charge in [0.15, 0.2) is 0 Å². The number of aryl methyl sites for hydroxylation is 1. The van der Waals surface area contributed by atoms with Crippen LogP contribution in [0, 0.1) is 6.92 Å². The number of hydrogen-bond donors (Lipinski definition) is 1. The molecule has 3 aromatic carbocycles. The second-order valence-electron chi connectivity index (χ2n) is 6.89. The lowest BCUT2D eigenvalue weighted by Crippen LogP contribution is -2.30. The van der Waals surface area contributed by atoms with Crippen molar-refractivity contribution in [3.63, 3.8) is 0 Å². The molecule has 0 bridgehead atoms. The maximum absolute atomic E-state index is 12.6. The maximum atomic E-state index is 12.6. The van der Waals surface area contributed by atoms with Crippen molar-refractivity contribution in [3.05, 3.63) is 90.0 Å². The number of anilines is 1. The second-order valence-corrected chi connectivity index (χ2v) is 8.57. The highest BCUT2D eigenvalue weighted by atomic mass is 32.2. The van der Waals surface area contributed by atoms with E-state index in [9.17, 15) is 13.2 Å². The average molecular weight is 425 g/mol. The van der Waals surface area contributed by atoms with Crippen LogP contribution in [0.4, 0.5) is 5.69 Å². The van der Waals surface area contributed by atoms with E-state index in [1.165, 1.54) is 24.3 Å². The lowest BCUT2D eigenvalue weighted by atomic mass is 10.2. The molecule has 0 aliphatic rings. The van der Waals surface area contributed by atoms with Gasteiger partial charge < -0.3 is 9.64 Å². The molecule has 0 fully saturated rings. The molecule has 0 aromatic heterocycles. The minimum Gasteiger partial charge on any atom is -0.492 e. The molecule has 0 aliphatic carbocycles. The van der Waals surface area contributed by atoms with Crippen LogP contribution in [0.15, 0.2) is 83.8 Å². The second kappa shape index (κ2) is 9.45. The van der Waals surface area contributed by atoms with Gasteiger partial charge in [-0.25, -0.2) is 8.42 Å². The quantitative estimate of drug-likeness (QED) is 0.594. The Kier molecular flexibility index (Phi) is 6.74. The van der Waals surface area contributed by atoms with Crippen molar-refractivity contribution < 1.29 is 17.9 Å². The molecule has 0 aliphatic heterocycles.